The molecule has 6 nitrogen and oxygen atoms in total. The molecule has 8 heteroatoms. The van der Waals surface area contributed by atoms with Crippen LogP contribution in [-0.4, -0.2) is 20.7 Å². The summed E-state index contributed by atoms with van der Waals surface area (Å²) in [6, 6.07) is 6.64. The van der Waals surface area contributed by atoms with Gasteiger partial charge in [0.15, 0.2) is 0 Å². The van der Waals surface area contributed by atoms with Crippen molar-refractivity contribution in [3.8, 4) is 5.69 Å². The van der Waals surface area contributed by atoms with Gasteiger partial charge in [-0.05, 0) is 31.0 Å². The van der Waals surface area contributed by atoms with Gasteiger partial charge in [-0.25, -0.2) is 4.98 Å². The van der Waals surface area contributed by atoms with Crippen molar-refractivity contribution in [3.63, 3.8) is 0 Å². The van der Waals surface area contributed by atoms with Gasteiger partial charge in [0.1, 0.15) is 5.82 Å². The van der Waals surface area contributed by atoms with E-state index < -0.39 is 0 Å². The van der Waals surface area contributed by atoms with Crippen LogP contribution in [0.5, 0.6) is 0 Å². The second-order valence-corrected chi connectivity index (χ2v) is 6.63. The Bertz CT molecular complexity index is 1000. The van der Waals surface area contributed by atoms with Crippen molar-refractivity contribution in [2.45, 2.75) is 12.8 Å². The van der Waals surface area contributed by atoms with E-state index in [1.54, 1.807) is 28.9 Å². The number of carbonyl (C=O) groups excluding carboxylic acids is 1. The lowest BCUT2D eigenvalue weighted by Gasteiger charge is -2.07. The highest BCUT2D eigenvalue weighted by molar-refractivity contribution is 6.34. The Kier molecular flexibility index (Phi) is 3.58. The van der Waals surface area contributed by atoms with Gasteiger partial charge in [-0.15, -0.1) is 0 Å². The third kappa shape index (κ3) is 2.79. The molecule has 1 aromatic carbocycles. The number of pyridine rings is 1. The number of carbonyl (C=O) groups is 1. The minimum absolute atomic E-state index is 0.0444. The van der Waals surface area contributed by atoms with Gasteiger partial charge >= 0.3 is 0 Å². The van der Waals surface area contributed by atoms with Crippen molar-refractivity contribution in [2.24, 2.45) is 5.92 Å². The summed E-state index contributed by atoms with van der Waals surface area (Å²) in [5.41, 5.74) is 0.915. The first-order valence-electron chi connectivity index (χ1n) is 7.39. The van der Waals surface area contributed by atoms with E-state index >= 15 is 0 Å². The summed E-state index contributed by atoms with van der Waals surface area (Å²) in [7, 11) is 0. The van der Waals surface area contributed by atoms with Gasteiger partial charge in [0.2, 0.25) is 5.91 Å². The van der Waals surface area contributed by atoms with Gasteiger partial charge in [0, 0.05) is 28.2 Å². The number of amides is 1. The van der Waals surface area contributed by atoms with E-state index in [9.17, 15) is 9.59 Å². The van der Waals surface area contributed by atoms with Crippen LogP contribution in [-0.2, 0) is 4.79 Å². The van der Waals surface area contributed by atoms with Crippen LogP contribution in [0, 0.1) is 5.92 Å². The molecule has 122 valence electrons. The number of aromatic nitrogens is 3. The number of hydrogen-bond acceptors (Lipinski definition) is 3. The maximum absolute atomic E-state index is 12.1. The number of anilines is 1. The molecule has 0 atom stereocenters. The molecule has 0 spiro atoms. The molecule has 4 rings (SSSR count). The van der Waals surface area contributed by atoms with Gasteiger partial charge in [-0.1, -0.05) is 23.2 Å². The molecule has 24 heavy (non-hydrogen) atoms. The Morgan fingerprint density at radius 2 is 1.92 bits per heavy atom. The number of nitrogens with one attached hydrogen (secondary N) is 2. The summed E-state index contributed by atoms with van der Waals surface area (Å²) < 4.78 is 1.57. The first-order valence-corrected chi connectivity index (χ1v) is 8.15. The molecule has 1 aliphatic carbocycles. The predicted octanol–water partition coefficient (Wildman–Crippen LogP) is 3.37. The fraction of sp³-hybridized carbons (Fsp3) is 0.188. The van der Waals surface area contributed by atoms with E-state index in [0.29, 0.717) is 32.5 Å². The quantitative estimate of drug-likeness (QED) is 0.749. The number of fused-ring (bicyclic) bond motifs is 1. The molecule has 1 fully saturated rings. The molecular weight excluding hydrogens is 351 g/mol. The highest BCUT2D eigenvalue weighted by Crippen LogP contribution is 2.30. The zero-order chi connectivity index (χ0) is 16.8. The van der Waals surface area contributed by atoms with E-state index in [2.05, 4.69) is 15.4 Å². The summed E-state index contributed by atoms with van der Waals surface area (Å²) in [5, 5.41) is 6.83. The molecule has 2 heterocycles. The van der Waals surface area contributed by atoms with Gasteiger partial charge < -0.3 is 5.32 Å². The van der Waals surface area contributed by atoms with E-state index in [0.717, 1.165) is 12.8 Å². The molecule has 0 radical (unpaired) electrons. The van der Waals surface area contributed by atoms with Gasteiger partial charge in [0.25, 0.3) is 5.56 Å². The van der Waals surface area contributed by atoms with E-state index in [4.69, 9.17) is 23.2 Å². The number of aromatic amines is 1. The van der Waals surface area contributed by atoms with Crippen LogP contribution in [0.4, 0.5) is 5.82 Å². The molecule has 0 saturated heterocycles. The molecule has 2 N–H and O–H groups in total. The molecule has 3 aromatic rings. The van der Waals surface area contributed by atoms with Gasteiger partial charge in [0.05, 0.1) is 16.6 Å². The van der Waals surface area contributed by atoms with Crippen molar-refractivity contribution in [2.75, 3.05) is 5.32 Å². The Morgan fingerprint density at radius 1 is 1.21 bits per heavy atom. The molecule has 0 bridgehead atoms. The van der Waals surface area contributed by atoms with Crippen LogP contribution in [0.25, 0.3) is 16.6 Å². The summed E-state index contributed by atoms with van der Waals surface area (Å²) >= 11 is 12.1. The largest absolute Gasteiger partial charge is 0.310 e. The third-order valence-corrected chi connectivity index (χ3v) is 4.32. The molecule has 1 amide bonds. The smallest absolute Gasteiger partial charge is 0.273 e. The van der Waals surface area contributed by atoms with Crippen LogP contribution < -0.4 is 10.9 Å². The standard InChI is InChI=1S/C16H12Cl2N4O2/c17-9-3-10(18)5-11(4-9)22-13-6-14(20-15(23)8-1-2-8)19-7-12(13)16(24)21-22/h3-8H,1-2H2,(H,21,24)(H,19,20,23). The van der Waals surface area contributed by atoms with Crippen molar-refractivity contribution in [1.29, 1.82) is 0 Å². The first kappa shape index (κ1) is 15.2. The van der Waals surface area contributed by atoms with Gasteiger partial charge in [-0.3, -0.25) is 19.4 Å². The van der Waals surface area contributed by atoms with Crippen molar-refractivity contribution in [3.05, 3.63) is 50.9 Å². The Morgan fingerprint density at radius 3 is 2.58 bits per heavy atom. The van der Waals surface area contributed by atoms with E-state index in [-0.39, 0.29) is 17.4 Å². The van der Waals surface area contributed by atoms with Gasteiger partial charge in [-0.2, -0.15) is 0 Å². The van der Waals surface area contributed by atoms with Crippen LogP contribution >= 0.6 is 23.2 Å². The summed E-state index contributed by atoms with van der Waals surface area (Å²) in [5.74, 6) is 0.431. The SMILES string of the molecule is O=C(Nc1cc2c(cn1)c(=O)[nH]n2-c1cc(Cl)cc(Cl)c1)C1CC1. The molecule has 2 aromatic heterocycles. The number of H-pyrrole nitrogens is 1. The second-order valence-electron chi connectivity index (χ2n) is 5.75. The van der Waals surface area contributed by atoms with Crippen molar-refractivity contribution >= 4 is 45.8 Å². The number of hydrogen-bond donors (Lipinski definition) is 2. The number of benzene rings is 1. The highest BCUT2D eigenvalue weighted by atomic mass is 35.5. The average molecular weight is 363 g/mol. The average Bonchev–Trinajstić information content (AvgIpc) is 3.32. The Balaban J connectivity index is 1.82. The molecule has 1 aliphatic rings. The Hall–Kier alpha value is -2.31. The molecule has 1 saturated carbocycles. The topological polar surface area (TPSA) is 79.8 Å². The first-order chi connectivity index (χ1) is 11.5. The predicted molar refractivity (Wildman–Crippen MR) is 93.1 cm³/mol. The normalized spacial score (nSPS) is 14.1. The number of halogens is 2. The molecule has 0 aliphatic heterocycles. The summed E-state index contributed by atoms with van der Waals surface area (Å²) in [6.45, 7) is 0. The number of rotatable bonds is 3. The van der Waals surface area contributed by atoms with E-state index in [1.165, 1.54) is 6.20 Å². The van der Waals surface area contributed by atoms with Crippen molar-refractivity contribution in [1.82, 2.24) is 14.8 Å². The maximum atomic E-state index is 12.1. The zero-order valence-electron chi connectivity index (χ0n) is 12.3. The zero-order valence-corrected chi connectivity index (χ0v) is 13.9. The second kappa shape index (κ2) is 5.65. The lowest BCUT2D eigenvalue weighted by Crippen LogP contribution is -2.14. The van der Waals surface area contributed by atoms with Crippen LogP contribution in [0.3, 0.4) is 0 Å². The monoisotopic (exact) mass is 362 g/mol. The minimum atomic E-state index is -0.284. The summed E-state index contributed by atoms with van der Waals surface area (Å²) in [6.07, 6.45) is 3.26. The fourth-order valence-electron chi connectivity index (χ4n) is 2.54. The lowest BCUT2D eigenvalue weighted by molar-refractivity contribution is -0.117. The molecular formula is C16H12Cl2N4O2. The Labute approximate surface area is 146 Å². The van der Waals surface area contributed by atoms with Crippen LogP contribution in [0.1, 0.15) is 12.8 Å². The fourth-order valence-corrected chi connectivity index (χ4v) is 3.06. The molecule has 0 unspecified atom stereocenters. The maximum Gasteiger partial charge on any atom is 0.273 e. The highest BCUT2D eigenvalue weighted by Gasteiger charge is 2.29. The number of nitrogens with zero attached hydrogens (tertiary/aromatic N) is 2. The third-order valence-electron chi connectivity index (χ3n) is 3.89. The summed E-state index contributed by atoms with van der Waals surface area (Å²) in [4.78, 5) is 28.2. The van der Waals surface area contributed by atoms with Crippen LogP contribution in [0.15, 0.2) is 35.3 Å². The lowest BCUT2D eigenvalue weighted by atomic mass is 10.3. The van der Waals surface area contributed by atoms with E-state index in [1.807, 2.05) is 0 Å². The van der Waals surface area contributed by atoms with Crippen molar-refractivity contribution < 1.29 is 4.79 Å². The van der Waals surface area contributed by atoms with Crippen LogP contribution in [0.2, 0.25) is 10.0 Å². The minimum Gasteiger partial charge on any atom is -0.310 e.